The van der Waals surface area contributed by atoms with E-state index >= 15 is 0 Å². The van der Waals surface area contributed by atoms with Crippen molar-refractivity contribution in [3.63, 3.8) is 0 Å². The fourth-order valence-electron chi connectivity index (χ4n) is 2.82. The molecule has 1 aliphatic carbocycles. The Hall–Kier alpha value is -1.53. The molecule has 1 saturated carbocycles. The third kappa shape index (κ3) is 4.86. The van der Waals surface area contributed by atoms with E-state index in [0.717, 1.165) is 17.9 Å². The Labute approximate surface area is 121 Å². The van der Waals surface area contributed by atoms with Gasteiger partial charge in [-0.3, -0.25) is 0 Å². The molecule has 1 aromatic rings. The summed E-state index contributed by atoms with van der Waals surface area (Å²) < 4.78 is 5.47. The molecule has 3 nitrogen and oxygen atoms in total. The highest BCUT2D eigenvalue weighted by atomic mass is 16.5. The number of nitrogens with zero attached hydrogens (tertiary/aromatic N) is 1. The fourth-order valence-corrected chi connectivity index (χ4v) is 2.82. The second kappa shape index (κ2) is 8.60. The standard InChI is InChI=1S/C17H24N2O/c18-12-13-20-17-11-7-6-8-15(17)14-19-16-9-4-2-1-3-5-10-16/h6-8,11,16,19H,1-5,9-10,13-14H2. The molecule has 3 heteroatoms. The highest BCUT2D eigenvalue weighted by Gasteiger charge is 2.11. The van der Waals surface area contributed by atoms with Gasteiger partial charge in [0.1, 0.15) is 11.8 Å². The molecule has 1 fully saturated rings. The lowest BCUT2D eigenvalue weighted by atomic mass is 9.96. The number of ether oxygens (including phenoxy) is 1. The molecule has 2 rings (SSSR count). The smallest absolute Gasteiger partial charge is 0.174 e. The zero-order valence-electron chi connectivity index (χ0n) is 12.1. The lowest BCUT2D eigenvalue weighted by molar-refractivity contribution is 0.355. The van der Waals surface area contributed by atoms with Gasteiger partial charge in [-0.15, -0.1) is 0 Å². The SMILES string of the molecule is N#CCOc1ccccc1CNC1CCCCCCC1. The first kappa shape index (κ1) is 14.9. The van der Waals surface area contributed by atoms with Crippen LogP contribution in [-0.2, 0) is 6.54 Å². The minimum absolute atomic E-state index is 0.112. The highest BCUT2D eigenvalue weighted by molar-refractivity contribution is 5.33. The minimum atomic E-state index is 0.112. The summed E-state index contributed by atoms with van der Waals surface area (Å²) in [5, 5.41) is 12.3. The molecular weight excluding hydrogens is 248 g/mol. The van der Waals surface area contributed by atoms with Crippen LogP contribution in [0.25, 0.3) is 0 Å². The summed E-state index contributed by atoms with van der Waals surface area (Å²) in [5.41, 5.74) is 1.14. The summed E-state index contributed by atoms with van der Waals surface area (Å²) >= 11 is 0. The number of nitriles is 1. The Morgan fingerprint density at radius 1 is 1.10 bits per heavy atom. The van der Waals surface area contributed by atoms with E-state index in [1.54, 1.807) is 0 Å². The predicted molar refractivity (Wildman–Crippen MR) is 80.5 cm³/mol. The molecule has 0 bridgehead atoms. The van der Waals surface area contributed by atoms with E-state index in [9.17, 15) is 0 Å². The van der Waals surface area contributed by atoms with Crippen LogP contribution < -0.4 is 10.1 Å². The molecule has 0 atom stereocenters. The van der Waals surface area contributed by atoms with Crippen LogP contribution >= 0.6 is 0 Å². The first-order valence-corrected chi connectivity index (χ1v) is 7.71. The molecule has 1 aromatic carbocycles. The van der Waals surface area contributed by atoms with Crippen molar-refractivity contribution in [1.29, 1.82) is 5.26 Å². The monoisotopic (exact) mass is 272 g/mol. The van der Waals surface area contributed by atoms with Gasteiger partial charge in [-0.05, 0) is 18.9 Å². The molecular formula is C17H24N2O. The Bertz CT molecular complexity index is 431. The number of nitrogens with one attached hydrogen (secondary N) is 1. The van der Waals surface area contributed by atoms with Crippen molar-refractivity contribution in [3.8, 4) is 11.8 Å². The molecule has 20 heavy (non-hydrogen) atoms. The van der Waals surface area contributed by atoms with Gasteiger partial charge in [0.15, 0.2) is 6.61 Å². The molecule has 0 radical (unpaired) electrons. The largest absolute Gasteiger partial charge is 0.478 e. The Balaban J connectivity index is 1.87. The molecule has 0 aliphatic heterocycles. The van der Waals surface area contributed by atoms with Crippen molar-refractivity contribution < 1.29 is 4.74 Å². The highest BCUT2D eigenvalue weighted by Crippen LogP contribution is 2.20. The average molecular weight is 272 g/mol. The van der Waals surface area contributed by atoms with Crippen molar-refractivity contribution in [3.05, 3.63) is 29.8 Å². The van der Waals surface area contributed by atoms with Crippen LogP contribution in [0.5, 0.6) is 5.75 Å². The number of hydrogen-bond acceptors (Lipinski definition) is 3. The Morgan fingerprint density at radius 3 is 2.55 bits per heavy atom. The van der Waals surface area contributed by atoms with Gasteiger partial charge in [0.25, 0.3) is 0 Å². The molecule has 0 unspecified atom stereocenters. The molecule has 0 saturated heterocycles. The van der Waals surface area contributed by atoms with Crippen LogP contribution in [0.2, 0.25) is 0 Å². The van der Waals surface area contributed by atoms with E-state index in [1.807, 2.05) is 24.3 Å². The first-order chi connectivity index (χ1) is 9.90. The normalized spacial score (nSPS) is 16.9. The van der Waals surface area contributed by atoms with Gasteiger partial charge in [0.2, 0.25) is 0 Å². The summed E-state index contributed by atoms with van der Waals surface area (Å²) in [6.45, 7) is 0.937. The van der Waals surface area contributed by atoms with Crippen LogP contribution in [0.4, 0.5) is 0 Å². The molecule has 1 N–H and O–H groups in total. The quantitative estimate of drug-likeness (QED) is 0.887. The van der Waals surface area contributed by atoms with E-state index in [4.69, 9.17) is 10.00 Å². The van der Waals surface area contributed by atoms with Gasteiger partial charge < -0.3 is 10.1 Å². The van der Waals surface area contributed by atoms with Crippen molar-refractivity contribution in [2.75, 3.05) is 6.61 Å². The molecule has 0 heterocycles. The van der Waals surface area contributed by atoms with Crippen molar-refractivity contribution in [2.24, 2.45) is 0 Å². The zero-order valence-corrected chi connectivity index (χ0v) is 12.1. The van der Waals surface area contributed by atoms with Gasteiger partial charge >= 0.3 is 0 Å². The van der Waals surface area contributed by atoms with Crippen molar-refractivity contribution in [2.45, 2.75) is 57.5 Å². The summed E-state index contributed by atoms with van der Waals surface area (Å²) in [7, 11) is 0. The molecule has 0 aromatic heterocycles. The van der Waals surface area contributed by atoms with E-state index in [2.05, 4.69) is 11.4 Å². The maximum absolute atomic E-state index is 8.62. The second-order valence-electron chi connectivity index (χ2n) is 5.48. The summed E-state index contributed by atoms with van der Waals surface area (Å²) in [6.07, 6.45) is 9.38. The molecule has 108 valence electrons. The maximum Gasteiger partial charge on any atom is 0.174 e. The molecule has 0 amide bonds. The van der Waals surface area contributed by atoms with Gasteiger partial charge in [-0.2, -0.15) is 5.26 Å². The van der Waals surface area contributed by atoms with E-state index in [0.29, 0.717) is 6.04 Å². The van der Waals surface area contributed by atoms with Crippen LogP contribution in [-0.4, -0.2) is 12.6 Å². The zero-order chi connectivity index (χ0) is 14.0. The number of benzene rings is 1. The summed E-state index contributed by atoms with van der Waals surface area (Å²) in [4.78, 5) is 0. The van der Waals surface area contributed by atoms with E-state index < -0.39 is 0 Å². The number of hydrogen-bond donors (Lipinski definition) is 1. The van der Waals surface area contributed by atoms with Gasteiger partial charge in [0, 0.05) is 18.2 Å². The van der Waals surface area contributed by atoms with Gasteiger partial charge in [-0.1, -0.05) is 50.3 Å². The first-order valence-electron chi connectivity index (χ1n) is 7.71. The topological polar surface area (TPSA) is 45.0 Å². The minimum Gasteiger partial charge on any atom is -0.478 e. The summed E-state index contributed by atoms with van der Waals surface area (Å²) in [6, 6.07) is 10.6. The third-order valence-corrected chi connectivity index (χ3v) is 3.95. The molecule has 0 spiro atoms. The predicted octanol–water partition coefficient (Wildman–Crippen LogP) is 3.79. The second-order valence-corrected chi connectivity index (χ2v) is 5.48. The van der Waals surface area contributed by atoms with Crippen molar-refractivity contribution >= 4 is 0 Å². The van der Waals surface area contributed by atoms with Crippen LogP contribution in [0.3, 0.4) is 0 Å². The van der Waals surface area contributed by atoms with Crippen LogP contribution in [0, 0.1) is 11.3 Å². The lowest BCUT2D eigenvalue weighted by Gasteiger charge is -2.21. The Kier molecular flexibility index (Phi) is 6.40. The molecule has 1 aliphatic rings. The summed E-state index contributed by atoms with van der Waals surface area (Å²) in [5.74, 6) is 0.826. The third-order valence-electron chi connectivity index (χ3n) is 3.95. The van der Waals surface area contributed by atoms with Gasteiger partial charge in [-0.25, -0.2) is 0 Å². The Morgan fingerprint density at radius 2 is 1.80 bits per heavy atom. The number of para-hydroxylation sites is 1. The van der Waals surface area contributed by atoms with E-state index in [1.165, 1.54) is 44.9 Å². The van der Waals surface area contributed by atoms with Gasteiger partial charge in [0.05, 0.1) is 0 Å². The fraction of sp³-hybridized carbons (Fsp3) is 0.588. The van der Waals surface area contributed by atoms with Crippen LogP contribution in [0.15, 0.2) is 24.3 Å². The van der Waals surface area contributed by atoms with Crippen molar-refractivity contribution in [1.82, 2.24) is 5.32 Å². The average Bonchev–Trinajstić information content (AvgIpc) is 2.45. The van der Waals surface area contributed by atoms with E-state index in [-0.39, 0.29) is 6.61 Å². The maximum atomic E-state index is 8.62. The van der Waals surface area contributed by atoms with Crippen LogP contribution in [0.1, 0.15) is 50.5 Å². The number of rotatable bonds is 5. The lowest BCUT2D eigenvalue weighted by Crippen LogP contribution is -2.29.